The van der Waals surface area contributed by atoms with Crippen LogP contribution in [0.3, 0.4) is 0 Å². The molecule has 0 amide bonds. The minimum Gasteiger partial charge on any atom is -0.452 e. The van der Waals surface area contributed by atoms with E-state index in [-0.39, 0.29) is 0 Å². The minimum absolute atomic E-state index is 0.678. The average Bonchev–Trinajstić information content (AvgIpc) is 2.81. The fraction of sp³-hybridized carbons (Fsp3) is 0.143. The Kier molecular flexibility index (Phi) is 4.96. The van der Waals surface area contributed by atoms with Gasteiger partial charge in [0, 0.05) is 16.3 Å². The second kappa shape index (κ2) is 6.71. The van der Waals surface area contributed by atoms with Gasteiger partial charge in [0.15, 0.2) is 4.67 Å². The largest absolute Gasteiger partial charge is 0.452 e. The Labute approximate surface area is 120 Å². The van der Waals surface area contributed by atoms with Crippen molar-refractivity contribution in [2.75, 3.05) is 11.1 Å². The van der Waals surface area contributed by atoms with Gasteiger partial charge in [0.05, 0.1) is 6.54 Å². The van der Waals surface area contributed by atoms with Crippen LogP contribution in [0.1, 0.15) is 5.76 Å². The maximum atomic E-state index is 5.46. The molecule has 1 aromatic heterocycles. The fourth-order valence-corrected chi connectivity index (χ4v) is 2.62. The molecule has 4 heteroatoms. The number of hydrogen-bond acceptors (Lipinski definition) is 3. The van der Waals surface area contributed by atoms with Crippen LogP contribution in [-0.2, 0) is 6.54 Å². The maximum Gasteiger partial charge on any atom is 0.169 e. The summed E-state index contributed by atoms with van der Waals surface area (Å²) in [5, 5.41) is 3.38. The Morgan fingerprint density at radius 1 is 1.28 bits per heavy atom. The van der Waals surface area contributed by atoms with Crippen LogP contribution in [0.2, 0.25) is 0 Å². The van der Waals surface area contributed by atoms with Gasteiger partial charge in [-0.05, 0) is 40.2 Å². The second-order valence-electron chi connectivity index (χ2n) is 3.66. The van der Waals surface area contributed by atoms with Crippen molar-refractivity contribution in [1.29, 1.82) is 0 Å². The number of nitrogens with one attached hydrogen (secondary N) is 1. The van der Waals surface area contributed by atoms with E-state index in [0.29, 0.717) is 6.54 Å². The second-order valence-corrected chi connectivity index (χ2v) is 5.50. The van der Waals surface area contributed by atoms with E-state index in [2.05, 4.69) is 40.0 Å². The third kappa shape index (κ3) is 3.68. The van der Waals surface area contributed by atoms with E-state index < -0.39 is 0 Å². The molecule has 1 N–H and O–H groups in total. The van der Waals surface area contributed by atoms with Gasteiger partial charge in [0.25, 0.3) is 0 Å². The zero-order valence-corrected chi connectivity index (χ0v) is 12.3. The van der Waals surface area contributed by atoms with Crippen molar-refractivity contribution >= 4 is 33.4 Å². The van der Waals surface area contributed by atoms with Crippen LogP contribution in [0.5, 0.6) is 0 Å². The van der Waals surface area contributed by atoms with E-state index in [1.54, 1.807) is 11.8 Å². The van der Waals surface area contributed by atoms with Crippen LogP contribution < -0.4 is 5.32 Å². The van der Waals surface area contributed by atoms with Crippen molar-refractivity contribution in [3.8, 4) is 0 Å². The average molecular weight is 324 g/mol. The zero-order valence-electron chi connectivity index (χ0n) is 9.86. The Bertz CT molecular complexity index is 524. The van der Waals surface area contributed by atoms with Crippen LogP contribution in [0.4, 0.5) is 5.69 Å². The summed E-state index contributed by atoms with van der Waals surface area (Å²) in [6.45, 7) is 4.42. The first kappa shape index (κ1) is 13.3. The van der Waals surface area contributed by atoms with Gasteiger partial charge in [0.1, 0.15) is 5.76 Å². The topological polar surface area (TPSA) is 25.2 Å². The number of thioether (sulfide) groups is 1. The highest BCUT2D eigenvalue weighted by atomic mass is 79.9. The highest BCUT2D eigenvalue weighted by Gasteiger charge is 2.03. The lowest BCUT2D eigenvalue weighted by atomic mass is 10.3. The van der Waals surface area contributed by atoms with Crippen LogP contribution >= 0.6 is 27.7 Å². The van der Waals surface area contributed by atoms with E-state index in [1.807, 2.05) is 30.3 Å². The third-order valence-electron chi connectivity index (χ3n) is 2.33. The number of halogens is 1. The number of para-hydroxylation sites is 1. The standard InChI is InChI=1S/C14H14BrNOS/c1-2-9-18-13-6-4-3-5-12(13)16-10-11-7-8-14(15)17-11/h2-8,16H,1,9-10H2. The van der Waals surface area contributed by atoms with Gasteiger partial charge in [-0.3, -0.25) is 0 Å². The van der Waals surface area contributed by atoms with E-state index in [0.717, 1.165) is 21.9 Å². The lowest BCUT2D eigenvalue weighted by molar-refractivity contribution is 0.495. The summed E-state index contributed by atoms with van der Waals surface area (Å²) in [6.07, 6.45) is 1.91. The molecule has 0 spiro atoms. The first-order valence-corrected chi connectivity index (χ1v) is 7.38. The smallest absolute Gasteiger partial charge is 0.169 e. The Balaban J connectivity index is 2.01. The Morgan fingerprint density at radius 3 is 2.83 bits per heavy atom. The molecule has 0 aliphatic carbocycles. The molecule has 0 aliphatic rings. The molecule has 94 valence electrons. The lowest BCUT2D eigenvalue weighted by Crippen LogP contribution is -1.99. The van der Waals surface area contributed by atoms with Crippen molar-refractivity contribution in [3.63, 3.8) is 0 Å². The SMILES string of the molecule is C=CCSc1ccccc1NCc1ccc(Br)o1. The third-order valence-corrected chi connectivity index (χ3v) is 3.82. The summed E-state index contributed by atoms with van der Waals surface area (Å²) >= 11 is 5.06. The number of anilines is 1. The highest BCUT2D eigenvalue weighted by molar-refractivity contribution is 9.10. The van der Waals surface area contributed by atoms with Gasteiger partial charge in [-0.15, -0.1) is 18.3 Å². The molecule has 0 fully saturated rings. The van der Waals surface area contributed by atoms with Crippen molar-refractivity contribution in [2.24, 2.45) is 0 Å². The molecule has 0 radical (unpaired) electrons. The number of furan rings is 1. The Morgan fingerprint density at radius 2 is 2.11 bits per heavy atom. The van der Waals surface area contributed by atoms with Crippen LogP contribution in [0.25, 0.3) is 0 Å². The Hall–Kier alpha value is -1.13. The van der Waals surface area contributed by atoms with Crippen LogP contribution in [0, 0.1) is 0 Å². The zero-order chi connectivity index (χ0) is 12.8. The molecule has 0 bridgehead atoms. The highest BCUT2D eigenvalue weighted by Crippen LogP contribution is 2.27. The van der Waals surface area contributed by atoms with E-state index >= 15 is 0 Å². The van der Waals surface area contributed by atoms with Crippen molar-refractivity contribution < 1.29 is 4.42 Å². The number of rotatable bonds is 6. The van der Waals surface area contributed by atoms with Crippen molar-refractivity contribution in [3.05, 3.63) is 59.5 Å². The summed E-state index contributed by atoms with van der Waals surface area (Å²) in [5.74, 6) is 1.82. The molecular formula is C14H14BrNOS. The molecule has 0 unspecified atom stereocenters. The molecule has 0 aliphatic heterocycles. The molecule has 1 aromatic carbocycles. The normalized spacial score (nSPS) is 10.3. The number of hydrogen-bond donors (Lipinski definition) is 1. The van der Waals surface area contributed by atoms with Crippen LogP contribution in [-0.4, -0.2) is 5.75 Å². The van der Waals surface area contributed by atoms with E-state index in [9.17, 15) is 0 Å². The molecule has 0 saturated heterocycles. The predicted molar refractivity (Wildman–Crippen MR) is 81.1 cm³/mol. The van der Waals surface area contributed by atoms with E-state index in [1.165, 1.54) is 4.90 Å². The van der Waals surface area contributed by atoms with Gasteiger partial charge in [0.2, 0.25) is 0 Å². The predicted octanol–water partition coefficient (Wildman–Crippen LogP) is 4.93. The molecular weight excluding hydrogens is 310 g/mol. The summed E-state index contributed by atoms with van der Waals surface area (Å²) in [6, 6.07) is 12.1. The minimum atomic E-state index is 0.678. The molecule has 2 nitrogen and oxygen atoms in total. The molecule has 0 saturated carbocycles. The first-order chi connectivity index (χ1) is 8.79. The van der Waals surface area contributed by atoms with Gasteiger partial charge in [-0.25, -0.2) is 0 Å². The molecule has 18 heavy (non-hydrogen) atoms. The van der Waals surface area contributed by atoms with Gasteiger partial charge in [-0.1, -0.05) is 18.2 Å². The van der Waals surface area contributed by atoms with Gasteiger partial charge < -0.3 is 9.73 Å². The summed E-state index contributed by atoms with van der Waals surface area (Å²) in [5.41, 5.74) is 1.12. The summed E-state index contributed by atoms with van der Waals surface area (Å²) in [7, 11) is 0. The molecule has 0 atom stereocenters. The lowest BCUT2D eigenvalue weighted by Gasteiger charge is -2.09. The fourth-order valence-electron chi connectivity index (χ4n) is 1.52. The first-order valence-electron chi connectivity index (χ1n) is 5.60. The van der Waals surface area contributed by atoms with Crippen molar-refractivity contribution in [1.82, 2.24) is 0 Å². The quantitative estimate of drug-likeness (QED) is 0.602. The maximum absolute atomic E-state index is 5.46. The van der Waals surface area contributed by atoms with Gasteiger partial charge in [-0.2, -0.15) is 0 Å². The van der Waals surface area contributed by atoms with Crippen molar-refractivity contribution in [2.45, 2.75) is 11.4 Å². The summed E-state index contributed by atoms with van der Waals surface area (Å²) in [4.78, 5) is 1.23. The number of benzene rings is 1. The summed E-state index contributed by atoms with van der Waals surface area (Å²) < 4.78 is 6.22. The van der Waals surface area contributed by atoms with E-state index in [4.69, 9.17) is 4.42 Å². The molecule has 1 heterocycles. The monoisotopic (exact) mass is 323 g/mol. The molecule has 2 rings (SSSR count). The van der Waals surface area contributed by atoms with Crippen LogP contribution in [0.15, 0.2) is 63.0 Å². The molecule has 2 aromatic rings. The van der Waals surface area contributed by atoms with Gasteiger partial charge >= 0.3 is 0 Å².